The molecule has 1 atom stereocenters. The van der Waals surface area contributed by atoms with Gasteiger partial charge in [-0.1, -0.05) is 44.2 Å². The summed E-state index contributed by atoms with van der Waals surface area (Å²) >= 11 is 0. The maximum atomic E-state index is 11.6. The van der Waals surface area contributed by atoms with Crippen molar-refractivity contribution in [2.75, 3.05) is 13.2 Å². The second kappa shape index (κ2) is 7.71. The van der Waals surface area contributed by atoms with Crippen LogP contribution in [0.25, 0.3) is 0 Å². The molecule has 2 amide bonds. The van der Waals surface area contributed by atoms with Gasteiger partial charge in [-0.3, -0.25) is 0 Å². The first-order valence-electron chi connectivity index (χ1n) is 6.31. The summed E-state index contributed by atoms with van der Waals surface area (Å²) in [4.78, 5) is 11.6. The van der Waals surface area contributed by atoms with Crippen molar-refractivity contribution < 1.29 is 9.90 Å². The highest BCUT2D eigenvalue weighted by molar-refractivity contribution is 5.74. The molecule has 4 nitrogen and oxygen atoms in total. The fraction of sp³-hybridized carbons (Fsp3) is 0.500. The lowest BCUT2D eigenvalue weighted by Gasteiger charge is -2.17. The third-order valence-corrected chi connectivity index (χ3v) is 2.55. The molecule has 100 valence electrons. The molecule has 1 rings (SSSR count). The van der Waals surface area contributed by atoms with Crippen LogP contribution in [0.15, 0.2) is 30.3 Å². The average Bonchev–Trinajstić information content (AvgIpc) is 2.37. The van der Waals surface area contributed by atoms with Gasteiger partial charge in [-0.05, 0) is 17.9 Å². The van der Waals surface area contributed by atoms with Gasteiger partial charge in [0.25, 0.3) is 0 Å². The number of carbonyl (C=O) groups is 1. The number of benzene rings is 1. The molecule has 0 saturated heterocycles. The normalized spacial score (nSPS) is 12.2. The highest BCUT2D eigenvalue weighted by Gasteiger charge is 2.11. The van der Waals surface area contributed by atoms with Gasteiger partial charge in [0, 0.05) is 6.54 Å². The molecule has 3 N–H and O–H groups in total. The van der Waals surface area contributed by atoms with E-state index in [0.29, 0.717) is 18.9 Å². The molecule has 0 spiro atoms. The van der Waals surface area contributed by atoms with Gasteiger partial charge in [0.1, 0.15) is 0 Å². The molecule has 0 aliphatic carbocycles. The van der Waals surface area contributed by atoms with Gasteiger partial charge in [-0.15, -0.1) is 0 Å². The average molecular weight is 250 g/mol. The third-order valence-electron chi connectivity index (χ3n) is 2.55. The van der Waals surface area contributed by atoms with E-state index >= 15 is 0 Å². The minimum absolute atomic E-state index is 0.0655. The van der Waals surface area contributed by atoms with Crippen LogP contribution in [0.3, 0.4) is 0 Å². The van der Waals surface area contributed by atoms with E-state index < -0.39 is 0 Å². The van der Waals surface area contributed by atoms with Gasteiger partial charge in [-0.25, -0.2) is 4.79 Å². The Bertz CT molecular complexity index is 352. The lowest BCUT2D eigenvalue weighted by Crippen LogP contribution is -2.45. The number of aliphatic hydroxyl groups is 1. The molecule has 1 aromatic rings. The lowest BCUT2D eigenvalue weighted by molar-refractivity contribution is 0.215. The molecule has 0 heterocycles. The van der Waals surface area contributed by atoms with Crippen LogP contribution in [0.1, 0.15) is 19.4 Å². The monoisotopic (exact) mass is 250 g/mol. The molecule has 0 aromatic heterocycles. The molecular weight excluding hydrogens is 228 g/mol. The van der Waals surface area contributed by atoms with Crippen molar-refractivity contribution >= 4 is 6.03 Å². The Balaban J connectivity index is 2.40. The van der Waals surface area contributed by atoms with Gasteiger partial charge >= 0.3 is 6.03 Å². The zero-order valence-corrected chi connectivity index (χ0v) is 11.0. The number of nitrogens with one attached hydrogen (secondary N) is 2. The Kier molecular flexibility index (Phi) is 6.22. The van der Waals surface area contributed by atoms with E-state index in [1.165, 1.54) is 0 Å². The smallest absolute Gasteiger partial charge is 0.315 e. The van der Waals surface area contributed by atoms with E-state index in [9.17, 15) is 9.90 Å². The molecule has 0 aliphatic heterocycles. The summed E-state index contributed by atoms with van der Waals surface area (Å²) in [5.41, 5.74) is 1.10. The largest absolute Gasteiger partial charge is 0.394 e. The quantitative estimate of drug-likeness (QED) is 0.717. The van der Waals surface area contributed by atoms with Crippen molar-refractivity contribution in [2.45, 2.75) is 26.3 Å². The lowest BCUT2D eigenvalue weighted by atomic mass is 10.1. The van der Waals surface area contributed by atoms with E-state index in [2.05, 4.69) is 10.6 Å². The second-order valence-electron chi connectivity index (χ2n) is 4.82. The topological polar surface area (TPSA) is 61.4 Å². The van der Waals surface area contributed by atoms with E-state index in [0.717, 1.165) is 5.56 Å². The molecule has 1 aromatic carbocycles. The van der Waals surface area contributed by atoms with Crippen molar-refractivity contribution in [3.8, 4) is 0 Å². The number of hydrogen-bond donors (Lipinski definition) is 3. The molecule has 4 heteroatoms. The number of hydrogen-bond acceptors (Lipinski definition) is 2. The molecular formula is C14H22N2O2. The highest BCUT2D eigenvalue weighted by Crippen LogP contribution is 2.02. The standard InChI is InChI=1S/C14H22N2O2/c1-11(2)9-15-14(18)16-13(10-17)8-12-6-4-3-5-7-12/h3-7,11,13,17H,8-10H2,1-2H3,(H2,15,16,18)/t13-/m1/s1. The zero-order valence-electron chi connectivity index (χ0n) is 11.0. The zero-order chi connectivity index (χ0) is 13.4. The number of aliphatic hydroxyl groups excluding tert-OH is 1. The van der Waals surface area contributed by atoms with Crippen LogP contribution < -0.4 is 10.6 Å². The van der Waals surface area contributed by atoms with Gasteiger partial charge in [0.05, 0.1) is 12.6 Å². The number of rotatable bonds is 6. The molecule has 0 saturated carbocycles. The third kappa shape index (κ3) is 5.68. The summed E-state index contributed by atoms with van der Waals surface area (Å²) in [6.45, 7) is 4.64. The minimum atomic E-state index is -0.250. The Hall–Kier alpha value is -1.55. The summed E-state index contributed by atoms with van der Waals surface area (Å²) in [5.74, 6) is 0.414. The molecule has 0 aliphatic rings. The summed E-state index contributed by atoms with van der Waals surface area (Å²) in [7, 11) is 0. The molecule has 0 radical (unpaired) electrons. The van der Waals surface area contributed by atoms with Crippen molar-refractivity contribution in [1.29, 1.82) is 0 Å². The van der Waals surface area contributed by atoms with Crippen LogP contribution in [0, 0.1) is 5.92 Å². The minimum Gasteiger partial charge on any atom is -0.394 e. The first-order chi connectivity index (χ1) is 8.61. The van der Waals surface area contributed by atoms with Crippen LogP contribution in [-0.4, -0.2) is 30.3 Å². The second-order valence-corrected chi connectivity index (χ2v) is 4.82. The van der Waals surface area contributed by atoms with Gasteiger partial charge in [-0.2, -0.15) is 0 Å². The molecule has 18 heavy (non-hydrogen) atoms. The number of amides is 2. The van der Waals surface area contributed by atoms with Crippen LogP contribution in [0.5, 0.6) is 0 Å². The van der Waals surface area contributed by atoms with Crippen LogP contribution in [0.2, 0.25) is 0 Å². The van der Waals surface area contributed by atoms with Crippen molar-refractivity contribution in [2.24, 2.45) is 5.92 Å². The fourth-order valence-electron chi connectivity index (χ4n) is 1.59. The van der Waals surface area contributed by atoms with Crippen LogP contribution >= 0.6 is 0 Å². The van der Waals surface area contributed by atoms with Gasteiger partial charge in [0.15, 0.2) is 0 Å². The van der Waals surface area contributed by atoms with Crippen molar-refractivity contribution in [3.05, 3.63) is 35.9 Å². The maximum Gasteiger partial charge on any atom is 0.315 e. The fourth-order valence-corrected chi connectivity index (χ4v) is 1.59. The SMILES string of the molecule is CC(C)CNC(=O)N[C@@H](CO)Cc1ccccc1. The van der Waals surface area contributed by atoms with Gasteiger partial charge in [0.2, 0.25) is 0 Å². The summed E-state index contributed by atoms with van der Waals surface area (Å²) in [5, 5.41) is 14.8. The summed E-state index contributed by atoms with van der Waals surface area (Å²) < 4.78 is 0. The Labute approximate surface area is 108 Å². The summed E-state index contributed by atoms with van der Waals surface area (Å²) in [6, 6.07) is 9.33. The predicted molar refractivity (Wildman–Crippen MR) is 72.4 cm³/mol. The molecule has 0 unspecified atom stereocenters. The summed E-state index contributed by atoms with van der Waals surface area (Å²) in [6.07, 6.45) is 0.631. The molecule has 0 bridgehead atoms. The van der Waals surface area contributed by atoms with Crippen LogP contribution in [-0.2, 0) is 6.42 Å². The maximum absolute atomic E-state index is 11.6. The molecule has 0 fully saturated rings. The van der Waals surface area contributed by atoms with Crippen molar-refractivity contribution in [1.82, 2.24) is 10.6 Å². The number of carbonyl (C=O) groups excluding carboxylic acids is 1. The van der Waals surface area contributed by atoms with E-state index in [1.807, 2.05) is 44.2 Å². The van der Waals surface area contributed by atoms with Crippen LogP contribution in [0.4, 0.5) is 4.79 Å². The Morgan fingerprint density at radius 1 is 1.28 bits per heavy atom. The van der Waals surface area contributed by atoms with E-state index in [1.54, 1.807) is 0 Å². The van der Waals surface area contributed by atoms with E-state index in [4.69, 9.17) is 0 Å². The highest BCUT2D eigenvalue weighted by atomic mass is 16.3. The Morgan fingerprint density at radius 2 is 1.94 bits per heavy atom. The van der Waals surface area contributed by atoms with Crippen molar-refractivity contribution in [3.63, 3.8) is 0 Å². The van der Waals surface area contributed by atoms with E-state index in [-0.39, 0.29) is 18.7 Å². The Morgan fingerprint density at radius 3 is 2.50 bits per heavy atom. The number of urea groups is 1. The first kappa shape index (κ1) is 14.5. The van der Waals surface area contributed by atoms with Gasteiger partial charge < -0.3 is 15.7 Å². The first-order valence-corrected chi connectivity index (χ1v) is 6.31. The predicted octanol–water partition coefficient (Wildman–Crippen LogP) is 1.55.